The predicted molar refractivity (Wildman–Crippen MR) is 195 cm³/mol. The van der Waals surface area contributed by atoms with Crippen molar-refractivity contribution in [3.05, 3.63) is 76.8 Å². The molecule has 0 bridgehead atoms. The molecule has 17 nitrogen and oxygen atoms in total. The monoisotopic (exact) mass is 764 g/mol. The number of β-lactam (4-membered cyclic amide) rings is 1. The third-order valence-electron chi connectivity index (χ3n) is 8.75. The highest BCUT2D eigenvalue weighted by atomic mass is 32.2. The van der Waals surface area contributed by atoms with Crippen LogP contribution in [0.4, 0.5) is 5.13 Å². The lowest BCUT2D eigenvalue weighted by Gasteiger charge is -2.49. The molecule has 6 rings (SSSR count). The number of thiazole rings is 1. The summed E-state index contributed by atoms with van der Waals surface area (Å²) in [6.45, 7) is 3.80. The normalized spacial score (nSPS) is 17.4. The molecule has 2 aliphatic rings. The minimum Gasteiger partial charge on any atom is -0.494 e. The Morgan fingerprint density at radius 2 is 1.92 bits per heavy atom. The first-order valence-electron chi connectivity index (χ1n) is 16.5. The summed E-state index contributed by atoms with van der Waals surface area (Å²) in [5, 5.41) is 31.9. The van der Waals surface area contributed by atoms with Crippen LogP contribution < -0.4 is 20.8 Å². The van der Waals surface area contributed by atoms with Crippen LogP contribution in [0.25, 0.3) is 5.65 Å². The van der Waals surface area contributed by atoms with E-state index >= 15 is 0 Å². The number of oxime groups is 1. The van der Waals surface area contributed by atoms with Crippen molar-refractivity contribution in [2.75, 3.05) is 18.1 Å². The summed E-state index contributed by atoms with van der Waals surface area (Å²) in [6.07, 6.45) is 6.51. The fraction of sp³-hybridized carbons (Fsp3) is 0.353. The van der Waals surface area contributed by atoms with Gasteiger partial charge in [-0.25, -0.2) is 23.8 Å². The molecule has 1 fully saturated rings. The van der Waals surface area contributed by atoms with E-state index in [4.69, 9.17) is 26.5 Å². The maximum absolute atomic E-state index is 13.5. The first kappa shape index (κ1) is 37.1. The number of nitrogens with two attached hydrogens (primary N) is 2. The maximum Gasteiger partial charge on any atom is 0.352 e. The summed E-state index contributed by atoms with van der Waals surface area (Å²) in [5.41, 5.74) is 11.6. The van der Waals surface area contributed by atoms with E-state index in [0.29, 0.717) is 37.3 Å². The Labute approximate surface area is 310 Å². The van der Waals surface area contributed by atoms with Crippen LogP contribution in [0.15, 0.2) is 70.7 Å². The fourth-order valence-corrected chi connectivity index (χ4v) is 7.86. The Bertz CT molecular complexity index is 2150. The third kappa shape index (κ3) is 7.90. The molecule has 278 valence electrons. The molecule has 0 saturated carbocycles. The first-order chi connectivity index (χ1) is 25.2. The number of nitrogen functional groups attached to an aromatic ring is 1. The molecule has 7 N–H and O–H groups in total. The quantitative estimate of drug-likeness (QED) is 0.0260. The molecule has 1 aromatic carbocycles. The summed E-state index contributed by atoms with van der Waals surface area (Å²) >= 11 is 2.42. The van der Waals surface area contributed by atoms with Crippen molar-refractivity contribution in [2.45, 2.75) is 57.2 Å². The molecule has 5 heterocycles. The number of ether oxygens (including phenoxy) is 1. The number of nitrogens with zero attached hydrogens (tertiary/aromatic N) is 6. The summed E-state index contributed by atoms with van der Waals surface area (Å²) in [7, 11) is 0. The number of fused-ring (bicyclic) bond motifs is 2. The molecule has 3 aromatic heterocycles. The van der Waals surface area contributed by atoms with E-state index < -0.39 is 40.5 Å². The van der Waals surface area contributed by atoms with E-state index in [0.717, 1.165) is 28.3 Å². The van der Waals surface area contributed by atoms with E-state index in [-0.39, 0.29) is 41.0 Å². The average molecular weight is 765 g/mol. The smallest absolute Gasteiger partial charge is 0.352 e. The number of ketones is 1. The van der Waals surface area contributed by atoms with E-state index in [2.05, 4.69) is 14.7 Å². The zero-order valence-electron chi connectivity index (χ0n) is 28.8. The van der Waals surface area contributed by atoms with Gasteiger partial charge in [0.25, 0.3) is 0 Å². The Balaban J connectivity index is 1.14. The van der Waals surface area contributed by atoms with Crippen molar-refractivity contribution in [3.63, 3.8) is 0 Å². The molecule has 0 spiro atoms. The van der Waals surface area contributed by atoms with Gasteiger partial charge in [-0.3, -0.25) is 19.9 Å². The number of benzene rings is 1. The fourth-order valence-electron chi connectivity index (χ4n) is 5.91. The second kappa shape index (κ2) is 15.1. The first-order valence-corrected chi connectivity index (χ1v) is 18.4. The van der Waals surface area contributed by atoms with Gasteiger partial charge in [0, 0.05) is 24.0 Å². The molecule has 2 atom stereocenters. The molecular formula is C34H38N9O8S2+. The number of anilines is 1. The van der Waals surface area contributed by atoms with Crippen molar-refractivity contribution in [1.29, 1.82) is 5.41 Å². The van der Waals surface area contributed by atoms with Crippen LogP contribution in [0.1, 0.15) is 44.4 Å². The number of imidazole rings is 1. The number of rotatable bonds is 17. The second-order valence-electron chi connectivity index (χ2n) is 13.0. The summed E-state index contributed by atoms with van der Waals surface area (Å²) < 4.78 is 11.6. The Hall–Kier alpha value is -5.69. The molecule has 53 heavy (non-hydrogen) atoms. The summed E-state index contributed by atoms with van der Waals surface area (Å²) in [4.78, 5) is 61.7. The number of Topliss-reactive ketones (excluding diaryl/α,β-unsaturated/α-hetero) is 1. The highest BCUT2D eigenvalue weighted by molar-refractivity contribution is 8.00. The number of hydrogen-bond donors (Lipinski definition) is 5. The lowest BCUT2D eigenvalue weighted by Crippen LogP contribution is -2.62. The van der Waals surface area contributed by atoms with Crippen molar-refractivity contribution in [2.24, 2.45) is 16.8 Å². The number of carboxylic acids is 2. The number of aliphatic carboxylic acids is 2. The number of carbonyl (C=O) groups is 4. The van der Waals surface area contributed by atoms with Gasteiger partial charge in [0.15, 0.2) is 22.8 Å². The summed E-state index contributed by atoms with van der Waals surface area (Å²) in [6, 6.07) is 9.69. The van der Waals surface area contributed by atoms with Gasteiger partial charge < -0.3 is 31.3 Å². The van der Waals surface area contributed by atoms with Crippen LogP contribution in [0.5, 0.6) is 5.75 Å². The van der Waals surface area contributed by atoms with Gasteiger partial charge in [0.2, 0.25) is 11.5 Å². The number of aromatic nitrogens is 4. The van der Waals surface area contributed by atoms with Gasteiger partial charge in [-0.05, 0) is 43.5 Å². The van der Waals surface area contributed by atoms with E-state index in [1.165, 1.54) is 35.9 Å². The molecule has 19 heteroatoms. The number of carboxylic acid groups (broad SMARTS) is 2. The molecule has 1 amide bonds. The van der Waals surface area contributed by atoms with Crippen molar-refractivity contribution in [3.8, 4) is 5.75 Å². The van der Waals surface area contributed by atoms with Crippen LogP contribution in [0.2, 0.25) is 0 Å². The van der Waals surface area contributed by atoms with Crippen molar-refractivity contribution < 1.29 is 43.5 Å². The Kier molecular flexibility index (Phi) is 10.6. The van der Waals surface area contributed by atoms with Crippen LogP contribution in [0.3, 0.4) is 0 Å². The largest absolute Gasteiger partial charge is 0.494 e. The Morgan fingerprint density at radius 3 is 2.58 bits per heavy atom. The number of amidine groups is 1. The molecule has 0 aliphatic carbocycles. The van der Waals surface area contributed by atoms with Crippen LogP contribution in [-0.4, -0.2) is 87.8 Å². The van der Waals surface area contributed by atoms with Crippen LogP contribution in [0, 0.1) is 11.3 Å². The number of thioether (sulfide) groups is 1. The van der Waals surface area contributed by atoms with E-state index in [1.807, 2.05) is 58.1 Å². The number of amides is 1. The van der Waals surface area contributed by atoms with Gasteiger partial charge in [-0.2, -0.15) is 0 Å². The SMILES string of the molecule is CC(C)(O/N=C(\C(=O)C[C@@H]1C(=O)N2C(C(=O)O)=C(Cn3ccc4n3cc[n+]4Cc3ccc(OCCCC(=N)N)cc3)CS[C@H]12)c1csc(N)n1)C(=O)O. The van der Waals surface area contributed by atoms with E-state index in [9.17, 15) is 29.4 Å². The summed E-state index contributed by atoms with van der Waals surface area (Å²) in [5.74, 6) is -3.35. The third-order valence-corrected chi connectivity index (χ3v) is 10.8. The zero-order valence-corrected chi connectivity index (χ0v) is 30.4. The number of hydrogen-bond acceptors (Lipinski definition) is 12. The highest BCUT2D eigenvalue weighted by Gasteiger charge is 2.54. The zero-order chi connectivity index (χ0) is 38.0. The lowest BCUT2D eigenvalue weighted by atomic mass is 9.89. The molecule has 4 aromatic rings. The minimum absolute atomic E-state index is 0.0811. The van der Waals surface area contributed by atoms with Gasteiger partial charge >= 0.3 is 17.6 Å². The molecule has 0 unspecified atom stereocenters. The minimum atomic E-state index is -1.75. The topological polar surface area (TPSA) is 245 Å². The van der Waals surface area contributed by atoms with Crippen molar-refractivity contribution in [1.82, 2.24) is 19.1 Å². The van der Waals surface area contributed by atoms with Crippen molar-refractivity contribution >= 4 is 69.1 Å². The average Bonchev–Trinajstić information content (AvgIpc) is 3.84. The Morgan fingerprint density at radius 1 is 1.17 bits per heavy atom. The van der Waals surface area contributed by atoms with Gasteiger partial charge in [-0.1, -0.05) is 17.3 Å². The van der Waals surface area contributed by atoms with Crippen LogP contribution in [-0.2, 0) is 37.1 Å². The van der Waals surface area contributed by atoms with Gasteiger partial charge in [-0.15, -0.1) is 27.6 Å². The number of nitrogens with one attached hydrogen (secondary N) is 1. The van der Waals surface area contributed by atoms with Gasteiger partial charge in [0.1, 0.15) is 29.9 Å². The molecule has 2 aliphatic heterocycles. The standard InChI is InChI=1S/C34H37N9O8S2/c1-34(2,32(48)49)51-39-27(23-18-53-33(37)38-23)24(44)14-22-29(45)43-28(31(46)47)20(17-52-30(22)43)16-41-10-9-26-40(11-12-42(26)41)15-19-5-7-21(8-6-19)50-13-3-4-25(35)36/h5-12,18,22,30H,3-4,13-17H2,1-2H3,(H6-,35,36,37,38,46,47,48,49)/p+1/b39-27-/t22-,30-/m1/s1. The van der Waals surface area contributed by atoms with E-state index in [1.54, 1.807) is 0 Å². The lowest BCUT2D eigenvalue weighted by molar-refractivity contribution is -0.661. The number of carbonyl (C=O) groups excluding carboxylic acids is 2. The molecule has 0 radical (unpaired) electrons. The predicted octanol–water partition coefficient (Wildman–Crippen LogP) is 2.32. The maximum atomic E-state index is 13.5. The van der Waals surface area contributed by atoms with Gasteiger partial charge in [0.05, 0.1) is 42.5 Å². The second-order valence-corrected chi connectivity index (χ2v) is 15.0. The molecular weight excluding hydrogens is 727 g/mol. The molecule has 1 saturated heterocycles. The highest BCUT2D eigenvalue weighted by Crippen LogP contribution is 2.45. The van der Waals surface area contributed by atoms with Crippen LogP contribution >= 0.6 is 23.1 Å².